The lowest BCUT2D eigenvalue weighted by Crippen LogP contribution is -2.42. The van der Waals surface area contributed by atoms with Gasteiger partial charge in [0.2, 0.25) is 0 Å². The Bertz CT molecular complexity index is 404. The number of hydrogen-bond acceptors (Lipinski definition) is 3. The van der Waals surface area contributed by atoms with Crippen LogP contribution in [0.1, 0.15) is 46.1 Å². The minimum absolute atomic E-state index is 0.228. The van der Waals surface area contributed by atoms with Crippen LogP contribution in [0.25, 0.3) is 0 Å². The van der Waals surface area contributed by atoms with E-state index in [-0.39, 0.29) is 5.54 Å². The van der Waals surface area contributed by atoms with Crippen LogP contribution in [-0.2, 0) is 6.54 Å². The molecule has 0 aliphatic rings. The van der Waals surface area contributed by atoms with Gasteiger partial charge in [-0.15, -0.1) is 0 Å². The van der Waals surface area contributed by atoms with Crippen LogP contribution in [0.4, 0.5) is 0 Å². The molecule has 0 atom stereocenters. The van der Waals surface area contributed by atoms with Crippen molar-refractivity contribution < 1.29 is 4.74 Å². The van der Waals surface area contributed by atoms with Crippen molar-refractivity contribution in [1.82, 2.24) is 10.2 Å². The van der Waals surface area contributed by atoms with E-state index in [0.29, 0.717) is 0 Å². The van der Waals surface area contributed by atoms with E-state index < -0.39 is 0 Å². The van der Waals surface area contributed by atoms with Gasteiger partial charge in [-0.1, -0.05) is 32.0 Å². The fraction of sp³-hybridized carbons (Fsp3) is 0.667. The molecule has 1 N–H and O–H groups in total. The predicted molar refractivity (Wildman–Crippen MR) is 90.9 cm³/mol. The lowest BCUT2D eigenvalue weighted by Gasteiger charge is -2.34. The summed E-state index contributed by atoms with van der Waals surface area (Å²) in [6, 6.07) is 8.31. The van der Waals surface area contributed by atoms with Crippen LogP contribution >= 0.6 is 0 Å². The molecule has 0 saturated heterocycles. The van der Waals surface area contributed by atoms with Crippen LogP contribution in [0, 0.1) is 0 Å². The number of benzene rings is 1. The smallest absolute Gasteiger partial charge is 0.123 e. The second kappa shape index (κ2) is 9.06. The van der Waals surface area contributed by atoms with Gasteiger partial charge in [0.25, 0.3) is 0 Å². The monoisotopic (exact) mass is 292 g/mol. The summed E-state index contributed by atoms with van der Waals surface area (Å²) in [5.74, 6) is 1.00. The molecule has 1 aromatic carbocycles. The average molecular weight is 292 g/mol. The van der Waals surface area contributed by atoms with Crippen LogP contribution in [0.2, 0.25) is 0 Å². The molecule has 0 fully saturated rings. The minimum atomic E-state index is 0.228. The summed E-state index contributed by atoms with van der Waals surface area (Å²) in [6.45, 7) is 12.5. The Morgan fingerprint density at radius 2 is 1.90 bits per heavy atom. The van der Waals surface area contributed by atoms with Crippen molar-refractivity contribution in [3.8, 4) is 5.75 Å². The molecule has 0 unspecified atom stereocenters. The summed E-state index contributed by atoms with van der Waals surface area (Å²) >= 11 is 0. The first-order valence-electron chi connectivity index (χ1n) is 8.14. The maximum absolute atomic E-state index is 6.00. The van der Waals surface area contributed by atoms with Crippen molar-refractivity contribution in [1.29, 1.82) is 0 Å². The standard InChI is InChI=1S/C18H32N2O/c1-6-12-19-15-16-10-8-9-11-17(16)21-14-13-20(5)18(3,4)7-2/h8-11,19H,6-7,12-15H2,1-5H3. The van der Waals surface area contributed by atoms with Crippen LogP contribution in [0.15, 0.2) is 24.3 Å². The van der Waals surface area contributed by atoms with E-state index in [2.05, 4.69) is 63.2 Å². The molecular weight excluding hydrogens is 260 g/mol. The van der Waals surface area contributed by atoms with Crippen LogP contribution in [-0.4, -0.2) is 37.2 Å². The maximum Gasteiger partial charge on any atom is 0.123 e. The number of nitrogens with zero attached hydrogens (tertiary/aromatic N) is 1. The number of rotatable bonds is 10. The van der Waals surface area contributed by atoms with Crippen molar-refractivity contribution in [2.45, 2.75) is 52.6 Å². The van der Waals surface area contributed by atoms with Gasteiger partial charge in [-0.05, 0) is 46.3 Å². The molecule has 1 aromatic rings. The SMILES string of the molecule is CCCNCc1ccccc1OCCN(C)C(C)(C)CC. The highest BCUT2D eigenvalue weighted by molar-refractivity contribution is 5.33. The van der Waals surface area contributed by atoms with Gasteiger partial charge in [-0.2, -0.15) is 0 Å². The van der Waals surface area contributed by atoms with Gasteiger partial charge in [0.15, 0.2) is 0 Å². The molecule has 21 heavy (non-hydrogen) atoms. The van der Waals surface area contributed by atoms with E-state index in [9.17, 15) is 0 Å². The quantitative estimate of drug-likeness (QED) is 0.666. The second-order valence-corrected chi connectivity index (χ2v) is 6.22. The fourth-order valence-corrected chi connectivity index (χ4v) is 2.06. The number of nitrogens with one attached hydrogen (secondary N) is 1. The first kappa shape index (κ1) is 18.0. The number of likely N-dealkylation sites (N-methyl/N-ethyl adjacent to an activating group) is 1. The molecular formula is C18H32N2O. The van der Waals surface area contributed by atoms with Crippen LogP contribution in [0.5, 0.6) is 5.75 Å². The molecule has 0 heterocycles. The molecule has 0 spiro atoms. The highest BCUT2D eigenvalue weighted by Gasteiger charge is 2.20. The van der Waals surface area contributed by atoms with Crippen molar-refractivity contribution in [2.75, 3.05) is 26.7 Å². The molecule has 0 radical (unpaired) electrons. The van der Waals surface area contributed by atoms with E-state index >= 15 is 0 Å². The van der Waals surface area contributed by atoms with E-state index in [1.165, 1.54) is 5.56 Å². The van der Waals surface area contributed by atoms with Gasteiger partial charge in [-0.3, -0.25) is 4.90 Å². The number of ether oxygens (including phenoxy) is 1. The third-order valence-corrected chi connectivity index (χ3v) is 4.30. The Labute approximate surface area is 130 Å². The third kappa shape index (κ3) is 6.06. The molecule has 0 bridgehead atoms. The highest BCUT2D eigenvalue weighted by Crippen LogP contribution is 2.19. The zero-order chi connectivity index (χ0) is 15.7. The molecule has 3 heteroatoms. The van der Waals surface area contributed by atoms with Crippen LogP contribution < -0.4 is 10.1 Å². The van der Waals surface area contributed by atoms with Crippen LogP contribution in [0.3, 0.4) is 0 Å². The molecule has 1 rings (SSSR count). The largest absolute Gasteiger partial charge is 0.492 e. The normalized spacial score (nSPS) is 11.9. The highest BCUT2D eigenvalue weighted by atomic mass is 16.5. The average Bonchev–Trinajstić information content (AvgIpc) is 2.48. The summed E-state index contributed by atoms with van der Waals surface area (Å²) in [4.78, 5) is 2.37. The Morgan fingerprint density at radius 3 is 2.57 bits per heavy atom. The Hall–Kier alpha value is -1.06. The lowest BCUT2D eigenvalue weighted by molar-refractivity contribution is 0.125. The molecule has 0 aliphatic carbocycles. The van der Waals surface area contributed by atoms with Crippen molar-refractivity contribution in [3.05, 3.63) is 29.8 Å². The van der Waals surface area contributed by atoms with Gasteiger partial charge in [0.1, 0.15) is 12.4 Å². The van der Waals surface area contributed by atoms with Crippen molar-refractivity contribution in [2.24, 2.45) is 0 Å². The minimum Gasteiger partial charge on any atom is -0.492 e. The third-order valence-electron chi connectivity index (χ3n) is 4.30. The van der Waals surface area contributed by atoms with E-state index in [4.69, 9.17) is 4.74 Å². The Morgan fingerprint density at radius 1 is 1.19 bits per heavy atom. The van der Waals surface area contributed by atoms with E-state index in [1.807, 2.05) is 6.07 Å². The van der Waals surface area contributed by atoms with E-state index in [1.54, 1.807) is 0 Å². The van der Waals surface area contributed by atoms with Crippen molar-refractivity contribution >= 4 is 0 Å². The first-order valence-corrected chi connectivity index (χ1v) is 8.14. The van der Waals surface area contributed by atoms with E-state index in [0.717, 1.165) is 44.8 Å². The summed E-state index contributed by atoms with van der Waals surface area (Å²) in [7, 11) is 2.17. The molecule has 0 aromatic heterocycles. The summed E-state index contributed by atoms with van der Waals surface area (Å²) < 4.78 is 6.00. The molecule has 0 amide bonds. The van der Waals surface area contributed by atoms with Gasteiger partial charge in [-0.25, -0.2) is 0 Å². The first-order chi connectivity index (χ1) is 10.0. The number of hydrogen-bond donors (Lipinski definition) is 1. The number of para-hydroxylation sites is 1. The summed E-state index contributed by atoms with van der Waals surface area (Å²) in [5.41, 5.74) is 1.47. The predicted octanol–water partition coefficient (Wildman–Crippen LogP) is 3.69. The zero-order valence-electron chi connectivity index (χ0n) is 14.4. The molecule has 120 valence electrons. The van der Waals surface area contributed by atoms with Gasteiger partial charge >= 0.3 is 0 Å². The fourth-order valence-electron chi connectivity index (χ4n) is 2.06. The maximum atomic E-state index is 6.00. The van der Waals surface area contributed by atoms with Gasteiger partial charge in [0, 0.05) is 24.2 Å². The topological polar surface area (TPSA) is 24.5 Å². The zero-order valence-corrected chi connectivity index (χ0v) is 14.4. The van der Waals surface area contributed by atoms with Crippen molar-refractivity contribution in [3.63, 3.8) is 0 Å². The Kier molecular flexibility index (Phi) is 7.76. The second-order valence-electron chi connectivity index (χ2n) is 6.22. The summed E-state index contributed by atoms with van der Waals surface area (Å²) in [6.07, 6.45) is 2.29. The Balaban J connectivity index is 2.48. The molecule has 0 aliphatic heterocycles. The van der Waals surface area contributed by atoms with Gasteiger partial charge < -0.3 is 10.1 Å². The molecule has 3 nitrogen and oxygen atoms in total. The molecule has 0 saturated carbocycles. The lowest BCUT2D eigenvalue weighted by atomic mass is 10.0. The summed E-state index contributed by atoms with van der Waals surface area (Å²) in [5, 5.41) is 3.43. The van der Waals surface area contributed by atoms with Gasteiger partial charge in [0.05, 0.1) is 0 Å².